The molecule has 39 heavy (non-hydrogen) atoms. The number of aliphatic hydroxyl groups is 2. The number of carbonyl (C=O) groups is 2. The zero-order chi connectivity index (χ0) is 28.3. The summed E-state index contributed by atoms with van der Waals surface area (Å²) in [5.74, 6) is -0.764. The SMILES string of the molecule is CCc1cccc(-c2c(F)cccc2C(O)(CCCNC(=O)O)C2CCCN(C(=O)CCCNCCO)C2)c1. The van der Waals surface area contributed by atoms with Gasteiger partial charge in [0.1, 0.15) is 5.82 Å². The van der Waals surface area contributed by atoms with Gasteiger partial charge in [-0.05, 0) is 67.8 Å². The molecule has 0 aromatic heterocycles. The molecule has 0 spiro atoms. The van der Waals surface area contributed by atoms with Crippen LogP contribution < -0.4 is 10.6 Å². The van der Waals surface area contributed by atoms with E-state index >= 15 is 4.39 Å². The number of nitrogens with zero attached hydrogens (tertiary/aromatic N) is 1. The lowest BCUT2D eigenvalue weighted by Crippen LogP contribution is -2.48. The van der Waals surface area contributed by atoms with Crippen molar-refractivity contribution in [3.8, 4) is 11.1 Å². The number of hydrogen-bond acceptors (Lipinski definition) is 5. The number of hydrogen-bond donors (Lipinski definition) is 5. The molecule has 5 N–H and O–H groups in total. The van der Waals surface area contributed by atoms with Crippen molar-refractivity contribution in [2.75, 3.05) is 39.3 Å². The maximum absolute atomic E-state index is 15.5. The van der Waals surface area contributed by atoms with Crippen molar-refractivity contribution in [3.63, 3.8) is 0 Å². The van der Waals surface area contributed by atoms with Gasteiger partial charge in [-0.3, -0.25) is 4.79 Å². The smallest absolute Gasteiger partial charge is 0.404 e. The summed E-state index contributed by atoms with van der Waals surface area (Å²) in [6, 6.07) is 12.4. The third kappa shape index (κ3) is 8.24. The second-order valence-corrected chi connectivity index (χ2v) is 10.2. The summed E-state index contributed by atoms with van der Waals surface area (Å²) < 4.78 is 15.5. The predicted octanol–water partition coefficient (Wildman–Crippen LogP) is 3.89. The lowest BCUT2D eigenvalue weighted by molar-refractivity contribution is -0.136. The van der Waals surface area contributed by atoms with Gasteiger partial charge in [-0.15, -0.1) is 0 Å². The Labute approximate surface area is 230 Å². The van der Waals surface area contributed by atoms with Crippen LogP contribution in [0.4, 0.5) is 9.18 Å². The Morgan fingerprint density at radius 2 is 1.92 bits per heavy atom. The van der Waals surface area contributed by atoms with Crippen molar-refractivity contribution in [1.29, 1.82) is 0 Å². The molecule has 1 heterocycles. The van der Waals surface area contributed by atoms with E-state index in [0.29, 0.717) is 75.0 Å². The lowest BCUT2D eigenvalue weighted by Gasteiger charge is -2.43. The Bertz CT molecular complexity index is 1100. The van der Waals surface area contributed by atoms with Crippen molar-refractivity contribution in [3.05, 3.63) is 59.4 Å². The predicted molar refractivity (Wildman–Crippen MR) is 149 cm³/mol. The summed E-state index contributed by atoms with van der Waals surface area (Å²) >= 11 is 0. The Balaban J connectivity index is 1.92. The average Bonchev–Trinajstić information content (AvgIpc) is 2.94. The Morgan fingerprint density at radius 3 is 2.67 bits per heavy atom. The normalized spacial score (nSPS) is 17.0. The van der Waals surface area contributed by atoms with E-state index in [4.69, 9.17) is 10.2 Å². The molecule has 9 heteroatoms. The Kier molecular flexibility index (Phi) is 11.7. The molecule has 0 saturated carbocycles. The van der Waals surface area contributed by atoms with Gasteiger partial charge in [-0.25, -0.2) is 9.18 Å². The van der Waals surface area contributed by atoms with Gasteiger partial charge in [0.25, 0.3) is 0 Å². The molecule has 2 amide bonds. The molecule has 214 valence electrons. The van der Waals surface area contributed by atoms with E-state index in [1.54, 1.807) is 17.0 Å². The molecule has 1 saturated heterocycles. The van der Waals surface area contributed by atoms with Gasteiger partial charge in [-0.2, -0.15) is 0 Å². The number of carbonyl (C=O) groups excluding carboxylic acids is 1. The maximum Gasteiger partial charge on any atom is 0.404 e. The van der Waals surface area contributed by atoms with E-state index in [-0.39, 0.29) is 31.4 Å². The molecule has 1 aliphatic heterocycles. The molecule has 2 unspecified atom stereocenters. The minimum absolute atomic E-state index is 0.00973. The second kappa shape index (κ2) is 15.0. The fraction of sp³-hybridized carbons (Fsp3) is 0.533. The highest BCUT2D eigenvalue weighted by Crippen LogP contribution is 2.44. The summed E-state index contributed by atoms with van der Waals surface area (Å²) in [7, 11) is 0. The molecule has 2 aromatic carbocycles. The van der Waals surface area contributed by atoms with Crippen molar-refractivity contribution < 1.29 is 29.3 Å². The first-order valence-corrected chi connectivity index (χ1v) is 14.0. The van der Waals surface area contributed by atoms with Gasteiger partial charge in [0.05, 0.1) is 12.2 Å². The van der Waals surface area contributed by atoms with Crippen LogP contribution in [0.25, 0.3) is 11.1 Å². The first-order valence-electron chi connectivity index (χ1n) is 14.0. The van der Waals surface area contributed by atoms with E-state index in [1.165, 1.54) is 6.07 Å². The highest BCUT2D eigenvalue weighted by molar-refractivity contribution is 5.76. The standard InChI is InChI=1S/C30H42FN3O5/c1-2-22-8-3-9-23(20-22)28-25(11-4-12-26(28)31)30(39,14-7-16-33-29(37)38)24-10-6-18-34(21-24)27(36)13-5-15-32-17-19-35/h3-4,8-9,11-12,20,24,32-33,35,39H,2,5-7,10,13-19,21H2,1H3,(H,37,38). The largest absolute Gasteiger partial charge is 0.465 e. The van der Waals surface area contributed by atoms with Gasteiger partial charge in [0.15, 0.2) is 0 Å². The highest BCUT2D eigenvalue weighted by atomic mass is 19.1. The fourth-order valence-corrected chi connectivity index (χ4v) is 5.56. The monoisotopic (exact) mass is 543 g/mol. The second-order valence-electron chi connectivity index (χ2n) is 10.2. The van der Waals surface area contributed by atoms with Gasteiger partial charge >= 0.3 is 6.09 Å². The van der Waals surface area contributed by atoms with E-state index in [0.717, 1.165) is 12.0 Å². The summed E-state index contributed by atoms with van der Waals surface area (Å²) in [4.78, 5) is 25.8. The lowest BCUT2D eigenvalue weighted by atomic mass is 9.72. The molecule has 0 aliphatic carbocycles. The van der Waals surface area contributed by atoms with E-state index < -0.39 is 17.5 Å². The van der Waals surface area contributed by atoms with Gasteiger partial charge in [0.2, 0.25) is 5.91 Å². The number of carboxylic acid groups (broad SMARTS) is 1. The number of amides is 2. The van der Waals surface area contributed by atoms with Gasteiger partial charge in [0, 0.05) is 44.1 Å². The number of nitrogens with one attached hydrogen (secondary N) is 2. The number of aliphatic hydroxyl groups excluding tert-OH is 1. The highest BCUT2D eigenvalue weighted by Gasteiger charge is 2.43. The van der Waals surface area contributed by atoms with Crippen molar-refractivity contribution in [2.45, 2.75) is 57.5 Å². The molecular weight excluding hydrogens is 501 g/mol. The number of likely N-dealkylation sites (tertiary alicyclic amines) is 1. The van der Waals surface area contributed by atoms with Crippen LogP contribution in [0.3, 0.4) is 0 Å². The Morgan fingerprint density at radius 1 is 1.13 bits per heavy atom. The number of piperidine rings is 1. The molecule has 3 rings (SSSR count). The van der Waals surface area contributed by atoms with Crippen LogP contribution in [0, 0.1) is 11.7 Å². The van der Waals surface area contributed by atoms with E-state index in [2.05, 4.69) is 10.6 Å². The van der Waals surface area contributed by atoms with Crippen LogP contribution in [0.2, 0.25) is 0 Å². The van der Waals surface area contributed by atoms with Crippen LogP contribution in [-0.4, -0.2) is 71.6 Å². The quantitative estimate of drug-likeness (QED) is 0.231. The first kappa shape index (κ1) is 30.5. The van der Waals surface area contributed by atoms with Crippen LogP contribution in [0.5, 0.6) is 0 Å². The van der Waals surface area contributed by atoms with Crippen molar-refractivity contribution in [1.82, 2.24) is 15.5 Å². The minimum atomic E-state index is -1.47. The molecule has 0 radical (unpaired) electrons. The summed E-state index contributed by atoms with van der Waals surface area (Å²) in [6.45, 7) is 4.30. The molecule has 2 atom stereocenters. The first-order chi connectivity index (χ1) is 18.8. The van der Waals surface area contributed by atoms with Crippen LogP contribution >= 0.6 is 0 Å². The number of rotatable bonds is 14. The third-order valence-electron chi connectivity index (χ3n) is 7.60. The molecule has 1 aliphatic rings. The molecule has 8 nitrogen and oxygen atoms in total. The zero-order valence-corrected chi connectivity index (χ0v) is 22.8. The topological polar surface area (TPSA) is 122 Å². The van der Waals surface area contributed by atoms with Crippen LogP contribution in [-0.2, 0) is 16.8 Å². The Hall–Kier alpha value is -3.01. The van der Waals surface area contributed by atoms with Crippen molar-refractivity contribution in [2.24, 2.45) is 5.92 Å². The number of benzene rings is 2. The van der Waals surface area contributed by atoms with Crippen molar-refractivity contribution >= 4 is 12.0 Å². The molecule has 1 fully saturated rings. The molecular formula is C30H42FN3O5. The van der Waals surface area contributed by atoms with Gasteiger partial charge in [-0.1, -0.05) is 43.3 Å². The van der Waals surface area contributed by atoms with E-state index in [1.807, 2.05) is 31.2 Å². The molecule has 2 aromatic rings. The zero-order valence-electron chi connectivity index (χ0n) is 22.8. The molecule has 0 bridgehead atoms. The summed E-state index contributed by atoms with van der Waals surface area (Å²) in [5.41, 5.74) is 1.09. The minimum Gasteiger partial charge on any atom is -0.465 e. The number of aryl methyl sites for hydroxylation is 1. The summed E-state index contributed by atoms with van der Waals surface area (Å²) in [6.07, 6.45) is 2.61. The average molecular weight is 544 g/mol. The third-order valence-corrected chi connectivity index (χ3v) is 7.60. The summed E-state index contributed by atoms with van der Waals surface area (Å²) in [5, 5.41) is 35.8. The van der Waals surface area contributed by atoms with Crippen LogP contribution in [0.1, 0.15) is 56.6 Å². The van der Waals surface area contributed by atoms with Crippen LogP contribution in [0.15, 0.2) is 42.5 Å². The maximum atomic E-state index is 15.5. The fourth-order valence-electron chi connectivity index (χ4n) is 5.56. The van der Waals surface area contributed by atoms with E-state index in [9.17, 15) is 14.7 Å². The number of halogens is 1. The van der Waals surface area contributed by atoms with Gasteiger partial charge < -0.3 is 30.9 Å².